The van der Waals surface area contributed by atoms with Gasteiger partial charge in [-0.2, -0.15) is 23.2 Å². The van der Waals surface area contributed by atoms with Crippen LogP contribution in [0.25, 0.3) is 0 Å². The fraction of sp³-hybridized carbons (Fsp3) is 0.273. The Morgan fingerprint density at radius 3 is 1.69 bits per heavy atom. The maximum Gasteiger partial charge on any atom is 4.00 e. The molecule has 0 atom stereocenters. The Morgan fingerprint density at radius 2 is 1.44 bits per heavy atom. The molecule has 2 aliphatic carbocycles. The fourth-order valence-electron chi connectivity index (χ4n) is 1.60. The second-order valence-electron chi connectivity index (χ2n) is 3.40. The van der Waals surface area contributed by atoms with Crippen molar-refractivity contribution in [2.75, 3.05) is 0 Å². The van der Waals surface area contributed by atoms with Gasteiger partial charge in [-0.05, 0) is 0 Å². The van der Waals surface area contributed by atoms with E-state index in [-0.39, 0.29) is 51.0 Å². The molecule has 16 heavy (non-hydrogen) atoms. The molecule has 84 valence electrons. The van der Waals surface area contributed by atoms with E-state index in [0.717, 1.165) is 12.8 Å². The second kappa shape index (κ2) is 8.11. The van der Waals surface area contributed by atoms with Gasteiger partial charge < -0.3 is 24.8 Å². The zero-order valence-electron chi connectivity index (χ0n) is 8.86. The first-order valence-electron chi connectivity index (χ1n) is 4.46. The van der Waals surface area contributed by atoms with Crippen LogP contribution in [-0.2, 0) is 26.2 Å². The Balaban J connectivity index is 0. The number of allylic oxidation sites excluding steroid dienone is 8. The summed E-state index contributed by atoms with van der Waals surface area (Å²) in [5, 5.41) is 2.42. The van der Waals surface area contributed by atoms with Gasteiger partial charge in [-0.3, -0.25) is 12.2 Å². The number of halogens is 3. The van der Waals surface area contributed by atoms with Crippen LogP contribution in [0.3, 0.4) is 0 Å². The van der Waals surface area contributed by atoms with Crippen molar-refractivity contribution in [1.82, 2.24) is 0 Å². The summed E-state index contributed by atoms with van der Waals surface area (Å²) >= 11 is 6.59. The number of hydrogen-bond acceptors (Lipinski definition) is 0. The Morgan fingerprint density at radius 1 is 1.06 bits per heavy atom. The van der Waals surface area contributed by atoms with Crippen molar-refractivity contribution in [3.8, 4) is 0 Å². The molecule has 0 radical (unpaired) electrons. The van der Waals surface area contributed by atoms with Gasteiger partial charge in [-0.1, -0.05) is 6.55 Å². The Hall–Kier alpha value is 0.930. The van der Waals surface area contributed by atoms with Crippen LogP contribution in [-0.4, -0.2) is 7.38 Å². The quantitative estimate of drug-likeness (QED) is 0.282. The Kier molecular flexibility index (Phi) is 9.76. The van der Waals surface area contributed by atoms with E-state index in [4.69, 9.17) is 11.1 Å². The minimum atomic E-state index is -1.93. The second-order valence-corrected chi connectivity index (χ2v) is 8.75. The Bertz CT molecular complexity index is 311. The number of rotatable bonds is 2. The standard InChI is InChI=1S/C11H11ClSi.2ClH.Zr/c1-13(12,10-6-2-3-7-10)11-8-4-5-9-11;;;/h2,4,6,8H,3,5H2,1H3;2*1H;/q-2;;;+4/p-2. The molecule has 5 heteroatoms. The first-order valence-corrected chi connectivity index (χ1v) is 7.97. The third-order valence-electron chi connectivity index (χ3n) is 2.40. The van der Waals surface area contributed by atoms with E-state index in [1.54, 1.807) is 0 Å². The van der Waals surface area contributed by atoms with Crippen molar-refractivity contribution in [3.63, 3.8) is 0 Å². The van der Waals surface area contributed by atoms with Gasteiger partial charge >= 0.3 is 26.2 Å². The van der Waals surface area contributed by atoms with Crippen molar-refractivity contribution >= 4 is 18.5 Å². The number of hydrogen-bond donors (Lipinski definition) is 0. The van der Waals surface area contributed by atoms with Crippen molar-refractivity contribution in [2.45, 2.75) is 19.4 Å². The summed E-state index contributed by atoms with van der Waals surface area (Å²) in [4.78, 5) is 0. The minimum Gasteiger partial charge on any atom is -1.00 e. The molecule has 0 saturated carbocycles. The van der Waals surface area contributed by atoms with Crippen LogP contribution in [0.5, 0.6) is 0 Å². The molecule has 0 unspecified atom stereocenters. The molecule has 0 fully saturated rings. The van der Waals surface area contributed by atoms with Crippen molar-refractivity contribution in [3.05, 3.63) is 46.8 Å². The molecule has 2 rings (SSSR count). The van der Waals surface area contributed by atoms with Gasteiger partial charge in [-0.15, -0.1) is 12.8 Å². The van der Waals surface area contributed by atoms with E-state index in [9.17, 15) is 0 Å². The van der Waals surface area contributed by atoms with Crippen LogP contribution in [0, 0.1) is 12.2 Å². The van der Waals surface area contributed by atoms with Crippen LogP contribution < -0.4 is 24.8 Å². The van der Waals surface area contributed by atoms with E-state index in [0.29, 0.717) is 0 Å². The van der Waals surface area contributed by atoms with Gasteiger partial charge in [0.25, 0.3) is 0 Å². The SMILES string of the molecule is C[Si](Cl)(C1=[C-]CC=C1)C1=[C-]CC=C1.[Cl-].[Cl-].[Zr+4]. The van der Waals surface area contributed by atoms with Gasteiger partial charge in [0.15, 0.2) is 0 Å². The van der Waals surface area contributed by atoms with Crippen LogP contribution in [0.2, 0.25) is 6.55 Å². The molecule has 0 amide bonds. The van der Waals surface area contributed by atoms with Crippen LogP contribution in [0.1, 0.15) is 12.8 Å². The summed E-state index contributed by atoms with van der Waals surface area (Å²) < 4.78 is 0. The first kappa shape index (κ1) is 19.3. The van der Waals surface area contributed by atoms with Crippen molar-refractivity contribution < 1.29 is 51.0 Å². The largest absolute Gasteiger partial charge is 4.00 e. The van der Waals surface area contributed by atoms with Gasteiger partial charge in [0, 0.05) is 0 Å². The minimum absolute atomic E-state index is 0. The maximum atomic E-state index is 6.59. The van der Waals surface area contributed by atoms with Gasteiger partial charge in [-0.25, -0.2) is 22.5 Å². The van der Waals surface area contributed by atoms with Crippen LogP contribution >= 0.6 is 11.1 Å². The first-order chi connectivity index (χ1) is 6.21. The topological polar surface area (TPSA) is 0 Å². The molecule has 0 aliphatic heterocycles. The molecular formula is C11H11Cl3SiZr. The van der Waals surface area contributed by atoms with E-state index in [2.05, 4.69) is 43.0 Å². The molecule has 0 aromatic carbocycles. The zero-order chi connectivity index (χ0) is 9.31. The van der Waals surface area contributed by atoms with Crippen LogP contribution in [0.15, 0.2) is 34.7 Å². The van der Waals surface area contributed by atoms with Gasteiger partial charge in [0.05, 0.1) is 0 Å². The average Bonchev–Trinajstić information content (AvgIpc) is 2.78. The molecule has 0 spiro atoms. The fourth-order valence-corrected chi connectivity index (χ4v) is 4.40. The monoisotopic (exact) mass is 366 g/mol. The molecule has 0 aromatic rings. The Labute approximate surface area is 135 Å². The molecule has 0 heterocycles. The van der Waals surface area contributed by atoms with E-state index >= 15 is 0 Å². The molecule has 0 aromatic heterocycles. The van der Waals surface area contributed by atoms with E-state index < -0.39 is 7.38 Å². The summed E-state index contributed by atoms with van der Waals surface area (Å²) in [6, 6.07) is 0. The van der Waals surface area contributed by atoms with Crippen molar-refractivity contribution in [1.29, 1.82) is 0 Å². The summed E-state index contributed by atoms with van der Waals surface area (Å²) in [5.74, 6) is 0. The smallest absolute Gasteiger partial charge is 1.00 e. The normalized spacial score (nSPS) is 16.9. The maximum absolute atomic E-state index is 6.59. The molecule has 0 bridgehead atoms. The summed E-state index contributed by atoms with van der Waals surface area (Å²) in [6.45, 7) is 2.14. The summed E-state index contributed by atoms with van der Waals surface area (Å²) in [5.41, 5.74) is 0. The molecular weight excluding hydrogens is 358 g/mol. The summed E-state index contributed by atoms with van der Waals surface area (Å²) in [6.07, 6.45) is 16.9. The van der Waals surface area contributed by atoms with Gasteiger partial charge in [0.1, 0.15) is 7.38 Å². The molecule has 0 N–H and O–H groups in total. The van der Waals surface area contributed by atoms with Gasteiger partial charge in [0.2, 0.25) is 0 Å². The van der Waals surface area contributed by atoms with E-state index in [1.165, 1.54) is 10.4 Å². The average molecular weight is 369 g/mol. The predicted octanol–water partition coefficient (Wildman–Crippen LogP) is -2.74. The zero-order valence-corrected chi connectivity index (χ0v) is 14.6. The van der Waals surface area contributed by atoms with Crippen molar-refractivity contribution in [2.24, 2.45) is 0 Å². The third-order valence-corrected chi connectivity index (χ3v) is 6.33. The molecule has 0 nitrogen and oxygen atoms in total. The summed E-state index contributed by atoms with van der Waals surface area (Å²) in [7, 11) is -1.93. The third kappa shape index (κ3) is 3.99. The molecule has 0 saturated heterocycles. The molecule has 2 aliphatic rings. The predicted molar refractivity (Wildman–Crippen MR) is 58.5 cm³/mol. The van der Waals surface area contributed by atoms with E-state index in [1.807, 2.05) is 0 Å². The van der Waals surface area contributed by atoms with Crippen LogP contribution in [0.4, 0.5) is 0 Å².